The highest BCUT2D eigenvalue weighted by atomic mass is 15.7. The number of aliphatic imine (C=N–C) groups is 1. The molecule has 0 amide bonds. The van der Waals surface area contributed by atoms with Gasteiger partial charge in [0.05, 0.1) is 17.8 Å². The number of aryl methyl sites for hydroxylation is 1. The van der Waals surface area contributed by atoms with E-state index in [4.69, 9.17) is 4.99 Å². The van der Waals surface area contributed by atoms with E-state index in [-0.39, 0.29) is 0 Å². The fourth-order valence-electron chi connectivity index (χ4n) is 2.42. The summed E-state index contributed by atoms with van der Waals surface area (Å²) in [7, 11) is 0. The third kappa shape index (κ3) is 3.12. The second kappa shape index (κ2) is 6.08. The molecule has 0 aromatic heterocycles. The first-order chi connectivity index (χ1) is 10.3. The molecule has 0 saturated carbocycles. The van der Waals surface area contributed by atoms with Gasteiger partial charge in [0.25, 0.3) is 0 Å². The normalized spacial score (nSPS) is 16.6. The van der Waals surface area contributed by atoms with Crippen LogP contribution in [0, 0.1) is 6.92 Å². The molecule has 1 aliphatic rings. The molecule has 0 saturated heterocycles. The molecular weight excluding hydrogens is 260 g/mol. The molecule has 0 spiro atoms. The van der Waals surface area contributed by atoms with Crippen LogP contribution in [0.25, 0.3) is 0 Å². The van der Waals surface area contributed by atoms with Gasteiger partial charge in [0.15, 0.2) is 11.5 Å². The van der Waals surface area contributed by atoms with E-state index in [1.807, 2.05) is 0 Å². The summed E-state index contributed by atoms with van der Waals surface area (Å²) in [4.78, 5) is 4.78. The molecule has 0 bridgehead atoms. The topological polar surface area (TPSA) is 44.2 Å². The lowest BCUT2D eigenvalue weighted by molar-refractivity contribution is -0.750. The van der Waals surface area contributed by atoms with Crippen molar-refractivity contribution in [3.63, 3.8) is 0 Å². The van der Waals surface area contributed by atoms with Crippen molar-refractivity contribution in [3.05, 3.63) is 59.7 Å². The average Bonchev–Trinajstić information content (AvgIpc) is 2.50. The largest absolute Gasteiger partial charge is 0.258 e. The molecule has 4 heteroatoms. The number of hydrazine groups is 1. The molecule has 108 valence electrons. The summed E-state index contributed by atoms with van der Waals surface area (Å²) in [5.41, 5.74) is 10.1. The Morgan fingerprint density at radius 2 is 1.86 bits per heavy atom. The van der Waals surface area contributed by atoms with Crippen molar-refractivity contribution in [2.45, 2.75) is 20.3 Å². The number of nitrogens with zero attached hydrogens (tertiary/aromatic N) is 2. The Kier molecular flexibility index (Phi) is 3.99. The Labute approximate surface area is 125 Å². The predicted octanol–water partition coefficient (Wildman–Crippen LogP) is 2.41. The summed E-state index contributed by atoms with van der Waals surface area (Å²) in [6.07, 6.45) is 1.09. The third-order valence-electron chi connectivity index (χ3n) is 3.50. The number of fused-ring (bicyclic) bond motifs is 1. The highest BCUT2D eigenvalue weighted by molar-refractivity contribution is 6.03. The van der Waals surface area contributed by atoms with Crippen LogP contribution in [0.3, 0.4) is 0 Å². The average molecular weight is 281 g/mol. The van der Waals surface area contributed by atoms with Crippen LogP contribution < -0.4 is 10.9 Å². The number of nitrogens with two attached hydrogens (primary N) is 1. The number of benzene rings is 2. The molecule has 4 nitrogen and oxygen atoms in total. The first-order valence-corrected chi connectivity index (χ1v) is 7.39. The van der Waals surface area contributed by atoms with Crippen molar-refractivity contribution in [3.8, 4) is 0 Å². The molecule has 21 heavy (non-hydrogen) atoms. The highest BCUT2D eigenvalue weighted by Crippen LogP contribution is 2.18. The SMILES string of the molecule is CCCN1NC(=Nc2ccc(C)cc2)c2ccccc2[NH2+]1. The van der Waals surface area contributed by atoms with Crippen molar-refractivity contribution in [2.24, 2.45) is 4.99 Å². The van der Waals surface area contributed by atoms with Gasteiger partial charge in [-0.3, -0.25) is 5.43 Å². The molecule has 3 N–H and O–H groups in total. The summed E-state index contributed by atoms with van der Waals surface area (Å²) < 4.78 is 0. The van der Waals surface area contributed by atoms with Gasteiger partial charge in [0.1, 0.15) is 0 Å². The van der Waals surface area contributed by atoms with Gasteiger partial charge in [-0.1, -0.05) is 41.9 Å². The van der Waals surface area contributed by atoms with Crippen molar-refractivity contribution in [1.82, 2.24) is 10.5 Å². The number of rotatable bonds is 3. The van der Waals surface area contributed by atoms with E-state index in [2.05, 4.69) is 78.3 Å². The zero-order valence-corrected chi connectivity index (χ0v) is 12.5. The zero-order chi connectivity index (χ0) is 14.7. The molecule has 2 aromatic rings. The number of hydrogen-bond acceptors (Lipinski definition) is 2. The van der Waals surface area contributed by atoms with Gasteiger partial charge < -0.3 is 0 Å². The second-order valence-electron chi connectivity index (χ2n) is 5.32. The van der Waals surface area contributed by atoms with Crippen LogP contribution in [0.1, 0.15) is 24.5 Å². The zero-order valence-electron chi connectivity index (χ0n) is 12.5. The number of hydrogen-bond donors (Lipinski definition) is 2. The maximum Gasteiger partial charge on any atom is 0.161 e. The molecule has 2 aromatic carbocycles. The molecule has 0 unspecified atom stereocenters. The van der Waals surface area contributed by atoms with Gasteiger partial charge in [-0.2, -0.15) is 0 Å². The van der Waals surface area contributed by atoms with Gasteiger partial charge in [-0.15, -0.1) is 0 Å². The van der Waals surface area contributed by atoms with Gasteiger partial charge in [-0.05, 0) is 31.5 Å². The molecular formula is C17H21N4+. The van der Waals surface area contributed by atoms with Crippen molar-refractivity contribution < 1.29 is 5.43 Å². The number of amidine groups is 1. The van der Waals surface area contributed by atoms with E-state index in [0.29, 0.717) is 0 Å². The molecule has 0 radical (unpaired) electrons. The van der Waals surface area contributed by atoms with Crippen molar-refractivity contribution >= 4 is 17.2 Å². The van der Waals surface area contributed by atoms with Crippen LogP contribution in [0.2, 0.25) is 0 Å². The summed E-state index contributed by atoms with van der Waals surface area (Å²) in [6, 6.07) is 16.6. The number of nitrogens with one attached hydrogen (secondary N) is 1. The summed E-state index contributed by atoms with van der Waals surface area (Å²) >= 11 is 0. The van der Waals surface area contributed by atoms with E-state index >= 15 is 0 Å². The highest BCUT2D eigenvalue weighted by Gasteiger charge is 2.23. The number of quaternary nitrogens is 1. The summed E-state index contributed by atoms with van der Waals surface area (Å²) in [5.74, 6) is 0.908. The van der Waals surface area contributed by atoms with Crippen LogP contribution in [0.15, 0.2) is 53.5 Å². The maximum atomic E-state index is 4.78. The minimum atomic E-state index is 0.908. The van der Waals surface area contributed by atoms with Crippen molar-refractivity contribution in [2.75, 3.05) is 6.54 Å². The van der Waals surface area contributed by atoms with E-state index < -0.39 is 0 Å². The van der Waals surface area contributed by atoms with E-state index in [9.17, 15) is 0 Å². The van der Waals surface area contributed by atoms with Crippen molar-refractivity contribution in [1.29, 1.82) is 0 Å². The van der Waals surface area contributed by atoms with Gasteiger partial charge >= 0.3 is 0 Å². The Bertz CT molecular complexity index is 646. The first-order valence-electron chi connectivity index (χ1n) is 7.39. The third-order valence-corrected chi connectivity index (χ3v) is 3.50. The fourth-order valence-corrected chi connectivity index (χ4v) is 2.42. The summed E-state index contributed by atoms with van der Waals surface area (Å²) in [6.45, 7) is 5.22. The Morgan fingerprint density at radius 3 is 2.62 bits per heavy atom. The lowest BCUT2D eigenvalue weighted by atomic mass is 10.1. The molecule has 0 fully saturated rings. The van der Waals surface area contributed by atoms with E-state index in [1.54, 1.807) is 0 Å². The predicted molar refractivity (Wildman–Crippen MR) is 85.5 cm³/mol. The lowest BCUT2D eigenvalue weighted by Gasteiger charge is -2.27. The minimum absolute atomic E-state index is 0.908. The smallest absolute Gasteiger partial charge is 0.161 e. The maximum absolute atomic E-state index is 4.78. The second-order valence-corrected chi connectivity index (χ2v) is 5.32. The lowest BCUT2D eigenvalue weighted by Crippen LogP contribution is -2.94. The standard InChI is InChI=1S/C17H20N4/c1-3-12-21-19-16-7-5-4-6-15(16)17(20-21)18-14-10-8-13(2)9-11-14/h4-11,19H,3,12H2,1-2H3,(H,18,20)/p+1. The van der Waals surface area contributed by atoms with E-state index in [0.717, 1.165) is 30.1 Å². The quantitative estimate of drug-likeness (QED) is 0.670. The summed E-state index contributed by atoms with van der Waals surface area (Å²) in [5, 5.41) is 2.11. The van der Waals surface area contributed by atoms with Gasteiger partial charge in [0.2, 0.25) is 0 Å². The van der Waals surface area contributed by atoms with Crippen LogP contribution in [-0.2, 0) is 0 Å². The molecule has 1 heterocycles. The fraction of sp³-hybridized carbons (Fsp3) is 0.235. The Morgan fingerprint density at radius 1 is 1.10 bits per heavy atom. The van der Waals surface area contributed by atoms with Crippen LogP contribution in [-0.4, -0.2) is 17.5 Å². The molecule has 1 aliphatic heterocycles. The molecule has 3 rings (SSSR count). The molecule has 0 aliphatic carbocycles. The monoisotopic (exact) mass is 281 g/mol. The van der Waals surface area contributed by atoms with Crippen LogP contribution in [0.5, 0.6) is 0 Å². The molecule has 0 atom stereocenters. The van der Waals surface area contributed by atoms with Crippen LogP contribution in [0.4, 0.5) is 11.4 Å². The Balaban J connectivity index is 1.97. The first kappa shape index (κ1) is 13.8. The van der Waals surface area contributed by atoms with Gasteiger partial charge in [-0.25, -0.2) is 10.4 Å². The van der Waals surface area contributed by atoms with E-state index in [1.165, 1.54) is 11.3 Å². The Hall–Kier alpha value is -2.17. The van der Waals surface area contributed by atoms with Crippen LogP contribution >= 0.6 is 0 Å². The van der Waals surface area contributed by atoms with Gasteiger partial charge in [0, 0.05) is 6.07 Å². The minimum Gasteiger partial charge on any atom is -0.258 e.